The van der Waals surface area contributed by atoms with E-state index in [0.29, 0.717) is 6.54 Å². The van der Waals surface area contributed by atoms with Gasteiger partial charge in [0.15, 0.2) is 5.96 Å². The summed E-state index contributed by atoms with van der Waals surface area (Å²) in [6, 6.07) is 6.82. The number of hydrogen-bond donors (Lipinski definition) is 1. The van der Waals surface area contributed by atoms with Crippen LogP contribution in [0.15, 0.2) is 23.2 Å². The van der Waals surface area contributed by atoms with Crippen LogP contribution in [-0.2, 0) is 22.4 Å². The predicted molar refractivity (Wildman–Crippen MR) is 113 cm³/mol. The molecule has 6 nitrogen and oxygen atoms in total. The Hall–Kier alpha value is -1.79. The fourth-order valence-corrected chi connectivity index (χ4v) is 4.52. The van der Waals surface area contributed by atoms with Crippen molar-refractivity contribution in [2.45, 2.75) is 51.4 Å². The third kappa shape index (κ3) is 4.44. The van der Waals surface area contributed by atoms with Gasteiger partial charge in [-0.15, -0.1) is 0 Å². The molecule has 4 rings (SSSR count). The molecule has 0 saturated carbocycles. The Morgan fingerprint density at radius 3 is 2.89 bits per heavy atom. The van der Waals surface area contributed by atoms with Crippen molar-refractivity contribution in [2.75, 3.05) is 51.3 Å². The largest absolute Gasteiger partial charge is 0.375 e. The molecular formula is C22H34N4O2. The molecule has 3 aliphatic rings. The van der Waals surface area contributed by atoms with Crippen molar-refractivity contribution in [3.8, 4) is 0 Å². The summed E-state index contributed by atoms with van der Waals surface area (Å²) < 4.78 is 11.9. The van der Waals surface area contributed by atoms with Gasteiger partial charge in [-0.25, -0.2) is 4.99 Å². The zero-order valence-corrected chi connectivity index (χ0v) is 17.3. The summed E-state index contributed by atoms with van der Waals surface area (Å²) in [7, 11) is 2.18. The lowest BCUT2D eigenvalue weighted by molar-refractivity contribution is -0.0817. The number of morpholine rings is 1. The summed E-state index contributed by atoms with van der Waals surface area (Å²) in [5.74, 6) is 0.989. The van der Waals surface area contributed by atoms with E-state index < -0.39 is 0 Å². The SMILES string of the molecule is CCNC(=NCc1ccc2c(c1)CCCN2C)N1CCOC(C2CCCO2)C1. The highest BCUT2D eigenvalue weighted by atomic mass is 16.5. The summed E-state index contributed by atoms with van der Waals surface area (Å²) >= 11 is 0. The van der Waals surface area contributed by atoms with Crippen LogP contribution in [0.4, 0.5) is 5.69 Å². The Bertz CT molecular complexity index is 687. The van der Waals surface area contributed by atoms with E-state index in [1.807, 2.05) is 0 Å². The number of anilines is 1. The summed E-state index contributed by atoms with van der Waals surface area (Å²) in [5, 5.41) is 3.47. The lowest BCUT2D eigenvalue weighted by atomic mass is 10.00. The highest BCUT2D eigenvalue weighted by Gasteiger charge is 2.32. The molecule has 3 aliphatic heterocycles. The Kier molecular flexibility index (Phi) is 6.37. The van der Waals surface area contributed by atoms with Crippen LogP contribution in [0.5, 0.6) is 0 Å². The van der Waals surface area contributed by atoms with Crippen LogP contribution in [0.1, 0.15) is 37.3 Å². The number of nitrogens with one attached hydrogen (secondary N) is 1. The number of benzene rings is 1. The lowest BCUT2D eigenvalue weighted by Crippen LogP contribution is -2.53. The quantitative estimate of drug-likeness (QED) is 0.636. The van der Waals surface area contributed by atoms with E-state index in [1.165, 1.54) is 29.7 Å². The fraction of sp³-hybridized carbons (Fsp3) is 0.682. The molecular weight excluding hydrogens is 352 g/mol. The van der Waals surface area contributed by atoms with Crippen LogP contribution in [0, 0.1) is 0 Å². The molecule has 0 spiro atoms. The monoisotopic (exact) mass is 386 g/mol. The number of ether oxygens (including phenoxy) is 2. The van der Waals surface area contributed by atoms with E-state index in [1.54, 1.807) is 0 Å². The molecule has 1 N–H and O–H groups in total. The van der Waals surface area contributed by atoms with Crippen LogP contribution in [0.2, 0.25) is 0 Å². The van der Waals surface area contributed by atoms with Gasteiger partial charge >= 0.3 is 0 Å². The number of nitrogens with zero attached hydrogens (tertiary/aromatic N) is 3. The first-order valence-corrected chi connectivity index (χ1v) is 10.8. The molecule has 0 radical (unpaired) electrons. The van der Waals surface area contributed by atoms with E-state index in [9.17, 15) is 0 Å². The molecule has 0 bridgehead atoms. The zero-order valence-electron chi connectivity index (χ0n) is 17.3. The number of aliphatic imine (C=N–C) groups is 1. The van der Waals surface area contributed by atoms with E-state index in [2.05, 4.69) is 47.3 Å². The van der Waals surface area contributed by atoms with Crippen molar-refractivity contribution in [1.29, 1.82) is 0 Å². The Morgan fingerprint density at radius 1 is 1.18 bits per heavy atom. The lowest BCUT2D eigenvalue weighted by Gasteiger charge is -2.37. The van der Waals surface area contributed by atoms with E-state index in [-0.39, 0.29) is 12.2 Å². The summed E-state index contributed by atoms with van der Waals surface area (Å²) in [6.07, 6.45) is 5.05. The minimum Gasteiger partial charge on any atom is -0.375 e. The van der Waals surface area contributed by atoms with Crippen molar-refractivity contribution < 1.29 is 9.47 Å². The smallest absolute Gasteiger partial charge is 0.194 e. The minimum absolute atomic E-state index is 0.152. The first-order valence-electron chi connectivity index (χ1n) is 10.8. The average Bonchev–Trinajstić information content (AvgIpc) is 3.26. The maximum atomic E-state index is 6.00. The molecule has 6 heteroatoms. The van der Waals surface area contributed by atoms with Crippen molar-refractivity contribution in [1.82, 2.24) is 10.2 Å². The summed E-state index contributed by atoms with van der Waals surface area (Å²) in [5.41, 5.74) is 4.11. The van der Waals surface area contributed by atoms with Gasteiger partial charge < -0.3 is 24.6 Å². The summed E-state index contributed by atoms with van der Waals surface area (Å²) in [4.78, 5) is 9.65. The number of rotatable bonds is 4. The second-order valence-corrected chi connectivity index (χ2v) is 8.07. The molecule has 2 unspecified atom stereocenters. The topological polar surface area (TPSA) is 49.3 Å². The first kappa shape index (κ1) is 19.5. The van der Waals surface area contributed by atoms with Gasteiger partial charge in [0.05, 0.1) is 19.3 Å². The molecule has 3 heterocycles. The van der Waals surface area contributed by atoms with Gasteiger partial charge in [-0.2, -0.15) is 0 Å². The maximum Gasteiger partial charge on any atom is 0.194 e. The third-order valence-electron chi connectivity index (χ3n) is 6.01. The molecule has 0 amide bonds. The number of aryl methyl sites for hydroxylation is 1. The molecule has 28 heavy (non-hydrogen) atoms. The van der Waals surface area contributed by atoms with Crippen molar-refractivity contribution >= 4 is 11.6 Å². The molecule has 2 atom stereocenters. The standard InChI is InChI=1S/C22H34N4O2/c1-3-23-22(26-11-13-28-21(16-26)20-7-5-12-27-20)24-15-17-8-9-19-18(14-17)6-4-10-25(19)2/h8-9,14,20-21H,3-7,10-13,15-16H2,1-2H3,(H,23,24). The van der Waals surface area contributed by atoms with Gasteiger partial charge in [-0.1, -0.05) is 12.1 Å². The minimum atomic E-state index is 0.152. The second kappa shape index (κ2) is 9.14. The van der Waals surface area contributed by atoms with Crippen LogP contribution in [0.3, 0.4) is 0 Å². The molecule has 154 valence electrons. The van der Waals surface area contributed by atoms with Crippen molar-refractivity contribution in [2.24, 2.45) is 4.99 Å². The van der Waals surface area contributed by atoms with Gasteiger partial charge in [0.2, 0.25) is 0 Å². The summed E-state index contributed by atoms with van der Waals surface area (Å²) in [6.45, 7) is 8.19. The van der Waals surface area contributed by atoms with E-state index >= 15 is 0 Å². The second-order valence-electron chi connectivity index (χ2n) is 8.07. The van der Waals surface area contributed by atoms with E-state index in [0.717, 1.165) is 58.2 Å². The predicted octanol–water partition coefficient (Wildman–Crippen LogP) is 2.41. The molecule has 0 aromatic heterocycles. The Morgan fingerprint density at radius 2 is 2.07 bits per heavy atom. The first-order chi connectivity index (χ1) is 13.7. The van der Waals surface area contributed by atoms with Gasteiger partial charge in [-0.05, 0) is 49.8 Å². The normalized spacial score (nSPS) is 25.7. The van der Waals surface area contributed by atoms with Crippen LogP contribution < -0.4 is 10.2 Å². The fourth-order valence-electron chi connectivity index (χ4n) is 4.52. The molecule has 0 aliphatic carbocycles. The number of hydrogen-bond acceptors (Lipinski definition) is 4. The Balaban J connectivity index is 1.44. The Labute approximate surface area is 168 Å². The van der Waals surface area contributed by atoms with E-state index in [4.69, 9.17) is 14.5 Å². The van der Waals surface area contributed by atoms with Gasteiger partial charge in [0.1, 0.15) is 6.10 Å². The van der Waals surface area contributed by atoms with Crippen molar-refractivity contribution in [3.63, 3.8) is 0 Å². The average molecular weight is 387 g/mol. The zero-order chi connectivity index (χ0) is 19.3. The van der Waals surface area contributed by atoms with Crippen LogP contribution in [-0.4, -0.2) is 69.5 Å². The van der Waals surface area contributed by atoms with Crippen LogP contribution in [0.25, 0.3) is 0 Å². The molecule has 1 aromatic rings. The maximum absolute atomic E-state index is 6.00. The van der Waals surface area contributed by atoms with Gasteiger partial charge in [0, 0.05) is 45.5 Å². The third-order valence-corrected chi connectivity index (χ3v) is 6.01. The molecule has 1 aromatic carbocycles. The van der Waals surface area contributed by atoms with Crippen LogP contribution >= 0.6 is 0 Å². The van der Waals surface area contributed by atoms with Crippen molar-refractivity contribution in [3.05, 3.63) is 29.3 Å². The van der Waals surface area contributed by atoms with Gasteiger partial charge in [-0.3, -0.25) is 0 Å². The highest BCUT2D eigenvalue weighted by molar-refractivity contribution is 5.80. The number of guanidine groups is 1. The molecule has 2 saturated heterocycles. The van der Waals surface area contributed by atoms with Gasteiger partial charge in [0.25, 0.3) is 0 Å². The molecule has 2 fully saturated rings. The number of fused-ring (bicyclic) bond motifs is 1. The highest BCUT2D eigenvalue weighted by Crippen LogP contribution is 2.27.